The number of nitrogens with zero attached hydrogens (tertiary/aromatic N) is 1. The second kappa shape index (κ2) is 9.64. The van der Waals surface area contributed by atoms with Crippen molar-refractivity contribution in [1.29, 1.82) is 0 Å². The van der Waals surface area contributed by atoms with Gasteiger partial charge in [0.15, 0.2) is 0 Å². The largest absolute Gasteiger partial charge is 0.375 e. The fourth-order valence-electron chi connectivity index (χ4n) is 3.85. The van der Waals surface area contributed by atoms with Crippen LogP contribution in [0.2, 0.25) is 0 Å². The predicted molar refractivity (Wildman–Crippen MR) is 109 cm³/mol. The fraction of sp³-hybridized carbons (Fsp3) is 0.500. The maximum Gasteiger partial charge on any atom is 0.223 e. The topological polar surface area (TPSA) is 63.2 Å². The normalized spacial score (nSPS) is 24.5. The average Bonchev–Trinajstić information content (AvgIpc) is 3.14. The van der Waals surface area contributed by atoms with Gasteiger partial charge in [-0.2, -0.15) is 0 Å². The molecular formula is C20H26ClN3O2S. The first-order valence-electron chi connectivity index (χ1n) is 9.38. The summed E-state index contributed by atoms with van der Waals surface area (Å²) in [5.41, 5.74) is 2.21. The van der Waals surface area contributed by atoms with Gasteiger partial charge >= 0.3 is 0 Å². The van der Waals surface area contributed by atoms with Gasteiger partial charge in [-0.1, -0.05) is 30.3 Å². The number of nitrogens with one attached hydrogen (secondary N) is 2. The summed E-state index contributed by atoms with van der Waals surface area (Å²) in [5, 5.41) is 9.70. The van der Waals surface area contributed by atoms with Crippen LogP contribution < -0.4 is 10.6 Å². The summed E-state index contributed by atoms with van der Waals surface area (Å²) in [4.78, 5) is 17.2. The molecular weight excluding hydrogens is 382 g/mol. The molecule has 2 heterocycles. The summed E-state index contributed by atoms with van der Waals surface area (Å²) in [6.45, 7) is 2.18. The zero-order valence-corrected chi connectivity index (χ0v) is 16.9. The van der Waals surface area contributed by atoms with Crippen LogP contribution in [-0.2, 0) is 22.5 Å². The van der Waals surface area contributed by atoms with Gasteiger partial charge < -0.3 is 15.4 Å². The van der Waals surface area contributed by atoms with Gasteiger partial charge in [-0.15, -0.1) is 23.7 Å². The van der Waals surface area contributed by atoms with Gasteiger partial charge in [-0.05, 0) is 24.8 Å². The number of ether oxygens (including phenoxy) is 1. The first-order chi connectivity index (χ1) is 12.8. The Morgan fingerprint density at radius 1 is 1.30 bits per heavy atom. The van der Waals surface area contributed by atoms with Crippen LogP contribution >= 0.6 is 23.7 Å². The summed E-state index contributed by atoms with van der Waals surface area (Å²) in [5.74, 6) is 0.223. The van der Waals surface area contributed by atoms with Crippen LogP contribution in [-0.4, -0.2) is 36.2 Å². The van der Waals surface area contributed by atoms with Crippen molar-refractivity contribution >= 4 is 29.7 Å². The number of fused-ring (bicyclic) bond motifs is 1. The lowest BCUT2D eigenvalue weighted by atomic mass is 9.82. The first-order valence-corrected chi connectivity index (χ1v) is 10.3. The van der Waals surface area contributed by atoms with E-state index in [1.54, 1.807) is 11.3 Å². The number of morpholine rings is 1. The van der Waals surface area contributed by atoms with E-state index in [0.717, 1.165) is 49.5 Å². The highest BCUT2D eigenvalue weighted by Crippen LogP contribution is 2.28. The van der Waals surface area contributed by atoms with Crippen molar-refractivity contribution in [3.63, 3.8) is 0 Å². The number of benzene rings is 1. The molecule has 1 aromatic carbocycles. The van der Waals surface area contributed by atoms with Crippen LogP contribution in [0.25, 0.3) is 0 Å². The van der Waals surface area contributed by atoms with Crippen LogP contribution in [0.1, 0.15) is 35.5 Å². The Labute approximate surface area is 170 Å². The van der Waals surface area contributed by atoms with Crippen LogP contribution in [0.5, 0.6) is 0 Å². The van der Waals surface area contributed by atoms with Crippen molar-refractivity contribution in [2.24, 2.45) is 5.92 Å². The monoisotopic (exact) mass is 407 g/mol. The maximum atomic E-state index is 12.5. The molecule has 1 aliphatic heterocycles. The summed E-state index contributed by atoms with van der Waals surface area (Å²) in [6.07, 6.45) is 3.87. The van der Waals surface area contributed by atoms with Crippen molar-refractivity contribution in [3.05, 3.63) is 52.0 Å². The SMILES string of the molecule is Cl.O=C(NCc1csc(Cc2ccccc2)n1)[C@H]1CC[C@H]2OCCN[C@@H]2C1. The van der Waals surface area contributed by atoms with Crippen molar-refractivity contribution in [2.45, 2.75) is 44.4 Å². The number of carbonyl (C=O) groups excluding carboxylic acids is 1. The van der Waals surface area contributed by atoms with E-state index in [2.05, 4.69) is 27.8 Å². The Morgan fingerprint density at radius 3 is 3.00 bits per heavy atom. The minimum absolute atomic E-state index is 0. The van der Waals surface area contributed by atoms with Gasteiger partial charge in [0.1, 0.15) is 0 Å². The Balaban J connectivity index is 0.00000210. The first kappa shape index (κ1) is 20.3. The smallest absolute Gasteiger partial charge is 0.223 e. The number of hydrogen-bond acceptors (Lipinski definition) is 5. The zero-order chi connectivity index (χ0) is 17.8. The third-order valence-electron chi connectivity index (χ3n) is 5.24. The van der Waals surface area contributed by atoms with Crippen LogP contribution in [0.3, 0.4) is 0 Å². The molecule has 2 fully saturated rings. The summed E-state index contributed by atoms with van der Waals surface area (Å²) >= 11 is 1.66. The molecule has 3 atom stereocenters. The molecule has 1 amide bonds. The lowest BCUT2D eigenvalue weighted by molar-refractivity contribution is -0.128. The van der Waals surface area contributed by atoms with Gasteiger partial charge in [0.25, 0.3) is 0 Å². The Morgan fingerprint density at radius 2 is 2.15 bits per heavy atom. The van der Waals surface area contributed by atoms with Crippen molar-refractivity contribution < 1.29 is 9.53 Å². The molecule has 2 aliphatic rings. The van der Waals surface area contributed by atoms with E-state index < -0.39 is 0 Å². The molecule has 1 aromatic heterocycles. The molecule has 1 saturated heterocycles. The molecule has 0 spiro atoms. The zero-order valence-electron chi connectivity index (χ0n) is 15.2. The summed E-state index contributed by atoms with van der Waals surface area (Å²) in [6, 6.07) is 10.7. The third kappa shape index (κ3) is 5.29. The molecule has 7 heteroatoms. The second-order valence-corrected chi connectivity index (χ2v) is 8.04. The van der Waals surface area contributed by atoms with E-state index in [4.69, 9.17) is 4.74 Å². The van der Waals surface area contributed by atoms with E-state index >= 15 is 0 Å². The molecule has 1 saturated carbocycles. The van der Waals surface area contributed by atoms with Gasteiger partial charge in [0.05, 0.1) is 30.0 Å². The fourth-order valence-corrected chi connectivity index (χ4v) is 4.68. The van der Waals surface area contributed by atoms with E-state index in [0.29, 0.717) is 12.6 Å². The second-order valence-electron chi connectivity index (χ2n) is 7.09. The number of amides is 1. The van der Waals surface area contributed by atoms with E-state index in [-0.39, 0.29) is 30.3 Å². The molecule has 0 bridgehead atoms. The number of rotatable bonds is 5. The highest BCUT2D eigenvalue weighted by Gasteiger charge is 2.35. The molecule has 5 nitrogen and oxygen atoms in total. The minimum Gasteiger partial charge on any atom is -0.375 e. The molecule has 2 aromatic rings. The lowest BCUT2D eigenvalue weighted by Gasteiger charge is -2.39. The summed E-state index contributed by atoms with van der Waals surface area (Å²) < 4.78 is 5.79. The van der Waals surface area contributed by atoms with Gasteiger partial charge in [0, 0.05) is 30.3 Å². The third-order valence-corrected chi connectivity index (χ3v) is 6.14. The number of aromatic nitrogens is 1. The Kier molecular flexibility index (Phi) is 7.24. The molecule has 4 rings (SSSR count). The minimum atomic E-state index is 0. The number of thiazole rings is 1. The van der Waals surface area contributed by atoms with Crippen molar-refractivity contribution in [1.82, 2.24) is 15.6 Å². The molecule has 1 aliphatic carbocycles. The van der Waals surface area contributed by atoms with Gasteiger partial charge in [0.2, 0.25) is 5.91 Å². The Bertz CT molecular complexity index is 740. The predicted octanol–water partition coefficient (Wildman–Crippen LogP) is 2.93. The Hall–Kier alpha value is -1.47. The van der Waals surface area contributed by atoms with Crippen LogP contribution in [0.15, 0.2) is 35.7 Å². The molecule has 146 valence electrons. The van der Waals surface area contributed by atoms with Crippen molar-refractivity contribution in [3.8, 4) is 0 Å². The maximum absolute atomic E-state index is 12.5. The number of hydrogen-bond donors (Lipinski definition) is 2. The van der Waals surface area contributed by atoms with E-state index in [1.807, 2.05) is 23.6 Å². The lowest BCUT2D eigenvalue weighted by Crippen LogP contribution is -2.53. The van der Waals surface area contributed by atoms with E-state index in [1.165, 1.54) is 5.56 Å². The quantitative estimate of drug-likeness (QED) is 0.799. The van der Waals surface area contributed by atoms with Gasteiger partial charge in [-0.3, -0.25) is 4.79 Å². The van der Waals surface area contributed by atoms with Crippen LogP contribution in [0, 0.1) is 5.92 Å². The number of carbonyl (C=O) groups is 1. The molecule has 27 heavy (non-hydrogen) atoms. The number of halogens is 1. The van der Waals surface area contributed by atoms with E-state index in [9.17, 15) is 4.79 Å². The van der Waals surface area contributed by atoms with Crippen LogP contribution in [0.4, 0.5) is 0 Å². The molecule has 0 unspecified atom stereocenters. The van der Waals surface area contributed by atoms with Crippen molar-refractivity contribution in [2.75, 3.05) is 13.2 Å². The summed E-state index contributed by atoms with van der Waals surface area (Å²) in [7, 11) is 0. The highest BCUT2D eigenvalue weighted by atomic mass is 35.5. The highest BCUT2D eigenvalue weighted by molar-refractivity contribution is 7.09. The standard InChI is InChI=1S/C20H25N3O2S.ClH/c24-20(15-6-7-18-17(11-15)21-8-9-25-18)22-12-16-13-26-19(23-16)10-14-4-2-1-3-5-14;/h1-5,13,15,17-18,21H,6-12H2,(H,22,24);1H/t15-,17+,18+;/m0./s1. The molecule has 0 radical (unpaired) electrons. The van der Waals surface area contributed by atoms with Gasteiger partial charge in [-0.25, -0.2) is 4.98 Å². The average molecular weight is 408 g/mol. The molecule has 2 N–H and O–H groups in total.